The summed E-state index contributed by atoms with van der Waals surface area (Å²) in [6.45, 7) is 4.22. The van der Waals surface area contributed by atoms with E-state index in [-0.39, 0.29) is 17.1 Å². The summed E-state index contributed by atoms with van der Waals surface area (Å²) in [7, 11) is 1.29. The van der Waals surface area contributed by atoms with Crippen LogP contribution in [0.5, 0.6) is 11.5 Å². The van der Waals surface area contributed by atoms with Gasteiger partial charge in [-0.1, -0.05) is 0 Å². The number of ether oxygens (including phenoxy) is 6. The molecule has 0 aromatic heterocycles. The van der Waals surface area contributed by atoms with Gasteiger partial charge in [-0.15, -0.1) is 0 Å². The van der Waals surface area contributed by atoms with E-state index in [1.165, 1.54) is 32.2 Å². The first-order valence-electron chi connectivity index (χ1n) is 10.4. The van der Waals surface area contributed by atoms with Crippen LogP contribution in [0.3, 0.4) is 0 Å². The molecule has 5 atom stereocenters. The maximum absolute atomic E-state index is 12.0. The highest BCUT2D eigenvalue weighted by molar-refractivity contribution is 5.88. The Bertz CT molecular complexity index is 977. The molecule has 1 heterocycles. The number of methoxy groups -OCH3 is 1. The van der Waals surface area contributed by atoms with Crippen LogP contribution in [-0.2, 0) is 38.1 Å². The number of hydrogen-bond acceptors (Lipinski definition) is 11. The van der Waals surface area contributed by atoms with Crippen molar-refractivity contribution in [1.29, 1.82) is 0 Å². The van der Waals surface area contributed by atoms with Gasteiger partial charge in [-0.25, -0.2) is 4.79 Å². The zero-order valence-corrected chi connectivity index (χ0v) is 19.8. The largest absolute Gasteiger partial charge is 0.493 e. The minimum atomic E-state index is -1.37. The predicted octanol–water partition coefficient (Wildman–Crippen LogP) is 0.428. The second-order valence-electron chi connectivity index (χ2n) is 7.51. The Balaban J connectivity index is 2.52. The van der Waals surface area contributed by atoms with Crippen molar-refractivity contribution in [1.82, 2.24) is 5.32 Å². The molecule has 1 aromatic carbocycles. The molecule has 2 N–H and O–H groups in total. The normalized spacial score (nSPS) is 23.4. The third kappa shape index (κ3) is 7.57. The summed E-state index contributed by atoms with van der Waals surface area (Å²) in [6, 6.07) is 2.60. The van der Waals surface area contributed by atoms with Crippen LogP contribution < -0.4 is 14.8 Å². The van der Waals surface area contributed by atoms with Gasteiger partial charge in [0, 0.05) is 27.7 Å². The minimum absolute atomic E-state index is 0.0385. The summed E-state index contributed by atoms with van der Waals surface area (Å²) in [5.74, 6) is -3.80. The molecule has 1 aliphatic rings. The van der Waals surface area contributed by atoms with E-state index in [9.17, 15) is 29.1 Å². The molecule has 13 heteroatoms. The molecule has 1 fully saturated rings. The van der Waals surface area contributed by atoms with Crippen molar-refractivity contribution >= 4 is 29.8 Å². The summed E-state index contributed by atoms with van der Waals surface area (Å²) in [5.41, 5.74) is -0.0716. The lowest BCUT2D eigenvalue weighted by Gasteiger charge is -2.44. The molecule has 0 aliphatic carbocycles. The zero-order valence-electron chi connectivity index (χ0n) is 19.8. The highest BCUT2D eigenvalue weighted by Crippen LogP contribution is 2.33. The van der Waals surface area contributed by atoms with Crippen LogP contribution in [0.1, 0.15) is 38.1 Å². The highest BCUT2D eigenvalue weighted by Gasteiger charge is 2.52. The standard InChI is InChI=1S/C22H27NO12/c1-10(24)23-18-20(33-13(4)27)19(32-12(3)26)17(9-31-11(2)25)35-22(18)34-15-7-6-14(21(28)29)8-16(15)30-5/h6-8,17-20,22H,9H2,1-5H3,(H,23,24)(H,28,29)/t17-,18+,19-,20+,22-/m1/s1. The lowest BCUT2D eigenvalue weighted by atomic mass is 9.96. The van der Waals surface area contributed by atoms with E-state index in [1.54, 1.807) is 0 Å². The van der Waals surface area contributed by atoms with E-state index in [0.29, 0.717) is 0 Å². The molecule has 0 radical (unpaired) electrons. The van der Waals surface area contributed by atoms with Crippen molar-refractivity contribution in [3.63, 3.8) is 0 Å². The molecule has 2 rings (SSSR count). The summed E-state index contributed by atoms with van der Waals surface area (Å²) < 4.78 is 32.7. The highest BCUT2D eigenvalue weighted by atomic mass is 16.7. The molecule has 0 bridgehead atoms. The number of nitrogens with one attached hydrogen (secondary N) is 1. The predicted molar refractivity (Wildman–Crippen MR) is 115 cm³/mol. The van der Waals surface area contributed by atoms with Gasteiger partial charge in [0.15, 0.2) is 23.7 Å². The van der Waals surface area contributed by atoms with Crippen molar-refractivity contribution in [3.05, 3.63) is 23.8 Å². The van der Waals surface area contributed by atoms with Crippen LogP contribution in [-0.4, -0.2) is 79.3 Å². The summed E-state index contributed by atoms with van der Waals surface area (Å²) in [4.78, 5) is 58.4. The fourth-order valence-electron chi connectivity index (χ4n) is 3.41. The molecule has 1 aromatic rings. The van der Waals surface area contributed by atoms with E-state index in [4.69, 9.17) is 28.4 Å². The Kier molecular flexibility index (Phi) is 9.40. The van der Waals surface area contributed by atoms with Crippen LogP contribution in [0.2, 0.25) is 0 Å². The first-order valence-corrected chi connectivity index (χ1v) is 10.4. The third-order valence-corrected chi connectivity index (χ3v) is 4.72. The molecular formula is C22H27NO12. The number of carbonyl (C=O) groups is 5. The quantitative estimate of drug-likeness (QED) is 0.356. The van der Waals surface area contributed by atoms with E-state index >= 15 is 0 Å². The van der Waals surface area contributed by atoms with Crippen LogP contribution in [0.25, 0.3) is 0 Å². The van der Waals surface area contributed by atoms with Gasteiger partial charge in [0.05, 0.1) is 12.7 Å². The maximum atomic E-state index is 12.0. The van der Waals surface area contributed by atoms with Crippen molar-refractivity contribution in [2.24, 2.45) is 0 Å². The number of rotatable bonds is 9. The zero-order chi connectivity index (χ0) is 26.3. The number of benzene rings is 1. The fourth-order valence-corrected chi connectivity index (χ4v) is 3.41. The van der Waals surface area contributed by atoms with Crippen LogP contribution in [0.15, 0.2) is 18.2 Å². The van der Waals surface area contributed by atoms with Crippen molar-refractivity contribution < 1.29 is 57.5 Å². The smallest absolute Gasteiger partial charge is 0.335 e. The van der Waals surface area contributed by atoms with Gasteiger partial charge in [-0.05, 0) is 18.2 Å². The number of amides is 1. The molecule has 1 amide bonds. The Morgan fingerprint density at radius 3 is 2.09 bits per heavy atom. The van der Waals surface area contributed by atoms with E-state index in [2.05, 4.69) is 5.32 Å². The Morgan fingerprint density at radius 1 is 0.943 bits per heavy atom. The minimum Gasteiger partial charge on any atom is -0.493 e. The van der Waals surface area contributed by atoms with Gasteiger partial charge in [0.2, 0.25) is 12.2 Å². The third-order valence-electron chi connectivity index (χ3n) is 4.72. The second kappa shape index (κ2) is 12.0. The summed E-state index contributed by atoms with van der Waals surface area (Å²) >= 11 is 0. The Morgan fingerprint density at radius 2 is 1.57 bits per heavy atom. The number of carboxylic acid groups (broad SMARTS) is 1. The molecule has 0 unspecified atom stereocenters. The first kappa shape index (κ1) is 27.4. The van der Waals surface area contributed by atoms with Gasteiger partial charge < -0.3 is 38.8 Å². The number of carbonyl (C=O) groups excluding carboxylic acids is 4. The molecular weight excluding hydrogens is 470 g/mol. The van der Waals surface area contributed by atoms with Crippen LogP contribution in [0, 0.1) is 0 Å². The molecule has 192 valence electrons. The van der Waals surface area contributed by atoms with E-state index in [1.807, 2.05) is 0 Å². The summed E-state index contributed by atoms with van der Waals surface area (Å²) in [5, 5.41) is 11.8. The maximum Gasteiger partial charge on any atom is 0.335 e. The molecule has 1 saturated heterocycles. The molecule has 0 spiro atoms. The van der Waals surface area contributed by atoms with Crippen molar-refractivity contribution in [2.45, 2.75) is 58.3 Å². The first-order chi connectivity index (χ1) is 16.4. The lowest BCUT2D eigenvalue weighted by Crippen LogP contribution is -2.67. The Hall–Kier alpha value is -3.87. The monoisotopic (exact) mass is 497 g/mol. The molecule has 35 heavy (non-hydrogen) atoms. The number of carboxylic acids is 1. The number of esters is 3. The average molecular weight is 497 g/mol. The van der Waals surface area contributed by atoms with Crippen molar-refractivity contribution in [2.75, 3.05) is 13.7 Å². The number of hydrogen-bond donors (Lipinski definition) is 2. The molecule has 1 aliphatic heterocycles. The average Bonchev–Trinajstić information content (AvgIpc) is 2.75. The van der Waals surface area contributed by atoms with Crippen LogP contribution >= 0.6 is 0 Å². The van der Waals surface area contributed by atoms with Gasteiger partial charge in [0.25, 0.3) is 0 Å². The van der Waals surface area contributed by atoms with Crippen molar-refractivity contribution in [3.8, 4) is 11.5 Å². The lowest BCUT2D eigenvalue weighted by molar-refractivity contribution is -0.257. The van der Waals surface area contributed by atoms with Crippen LogP contribution in [0.4, 0.5) is 0 Å². The topological polar surface area (TPSA) is 173 Å². The van der Waals surface area contributed by atoms with Gasteiger partial charge in [-0.2, -0.15) is 0 Å². The van der Waals surface area contributed by atoms with Gasteiger partial charge >= 0.3 is 23.9 Å². The Labute approximate surface area is 200 Å². The fraction of sp³-hybridized carbons (Fsp3) is 0.500. The van der Waals surface area contributed by atoms with E-state index in [0.717, 1.165) is 20.8 Å². The second-order valence-corrected chi connectivity index (χ2v) is 7.51. The summed E-state index contributed by atoms with van der Waals surface area (Å²) in [6.07, 6.45) is -5.11. The van der Waals surface area contributed by atoms with E-state index < -0.39 is 67.0 Å². The van der Waals surface area contributed by atoms with Gasteiger partial charge in [-0.3, -0.25) is 19.2 Å². The number of aromatic carboxylic acids is 1. The van der Waals surface area contributed by atoms with Gasteiger partial charge in [0.1, 0.15) is 18.8 Å². The molecule has 13 nitrogen and oxygen atoms in total. The SMILES string of the molecule is COc1cc(C(=O)O)ccc1O[C@@H]1O[C@H](COC(C)=O)[C@@H](OC(C)=O)[C@@H](OC(C)=O)[C@@H]1NC(C)=O. The molecule has 0 saturated carbocycles.